The number of nitrogens with zero attached hydrogens (tertiary/aromatic N) is 1. The van der Waals surface area contributed by atoms with Gasteiger partial charge in [0, 0.05) is 17.4 Å². The topological polar surface area (TPSA) is 53.4 Å². The highest BCUT2D eigenvalue weighted by molar-refractivity contribution is 6.59. The van der Waals surface area contributed by atoms with Crippen molar-refractivity contribution in [2.75, 3.05) is 0 Å². The maximum absolute atomic E-state index is 8.92. The Morgan fingerprint density at radius 2 is 2.25 bits per heavy atom. The summed E-state index contributed by atoms with van der Waals surface area (Å²) in [5.74, 6) is 0. The van der Waals surface area contributed by atoms with Gasteiger partial charge in [-0.25, -0.2) is 0 Å². The Morgan fingerprint density at radius 1 is 1.58 bits per heavy atom. The minimum Gasteiger partial charge on any atom is -0.423 e. The van der Waals surface area contributed by atoms with Gasteiger partial charge in [-0.3, -0.25) is 4.98 Å². The number of rotatable bonds is 2. The van der Waals surface area contributed by atoms with Crippen molar-refractivity contribution in [3.63, 3.8) is 0 Å². The predicted molar refractivity (Wildman–Crippen MR) is 48.5 cm³/mol. The molecule has 1 rings (SSSR count). The standard InChI is InChI=1S/C7H9BClNO2/c1-2-7-6(8(11)12)3-5(9)4-10-7/h3-4,11-12H,2H2,1H3. The fourth-order valence-electron chi connectivity index (χ4n) is 1.00. The van der Waals surface area contributed by atoms with Gasteiger partial charge in [-0.1, -0.05) is 18.5 Å². The number of aryl methyl sites for hydroxylation is 1. The van der Waals surface area contributed by atoms with Gasteiger partial charge in [0.1, 0.15) is 0 Å². The van der Waals surface area contributed by atoms with Crippen LogP contribution in [0.2, 0.25) is 5.02 Å². The lowest BCUT2D eigenvalue weighted by Crippen LogP contribution is -2.33. The number of halogens is 1. The largest absolute Gasteiger partial charge is 0.490 e. The first kappa shape index (κ1) is 9.51. The molecule has 0 fully saturated rings. The fraction of sp³-hybridized carbons (Fsp3) is 0.286. The summed E-state index contributed by atoms with van der Waals surface area (Å²) in [6, 6.07) is 1.51. The molecule has 3 nitrogen and oxygen atoms in total. The monoisotopic (exact) mass is 185 g/mol. The predicted octanol–water partition coefficient (Wildman–Crippen LogP) is -0.0228. The summed E-state index contributed by atoms with van der Waals surface area (Å²) in [7, 11) is -1.49. The van der Waals surface area contributed by atoms with Crippen LogP contribution in [0.25, 0.3) is 0 Å². The molecule has 0 aliphatic carbocycles. The van der Waals surface area contributed by atoms with Gasteiger partial charge in [0.25, 0.3) is 0 Å². The smallest absolute Gasteiger partial charge is 0.423 e. The molecule has 0 aromatic carbocycles. The maximum Gasteiger partial charge on any atom is 0.490 e. The minimum absolute atomic E-state index is 0.380. The van der Waals surface area contributed by atoms with Gasteiger partial charge in [0.05, 0.1) is 5.02 Å². The number of pyridine rings is 1. The molecule has 0 bridgehead atoms. The quantitative estimate of drug-likeness (QED) is 0.637. The van der Waals surface area contributed by atoms with Crippen LogP contribution >= 0.6 is 11.6 Å². The van der Waals surface area contributed by atoms with Crippen molar-refractivity contribution in [3.05, 3.63) is 23.0 Å². The first-order valence-electron chi connectivity index (χ1n) is 3.65. The average molecular weight is 185 g/mol. The summed E-state index contributed by atoms with van der Waals surface area (Å²) in [5, 5.41) is 18.2. The van der Waals surface area contributed by atoms with Crippen molar-refractivity contribution in [1.82, 2.24) is 4.98 Å². The normalized spacial score (nSPS) is 10.0. The van der Waals surface area contributed by atoms with Crippen molar-refractivity contribution in [1.29, 1.82) is 0 Å². The molecule has 2 N–H and O–H groups in total. The second kappa shape index (κ2) is 3.89. The summed E-state index contributed by atoms with van der Waals surface area (Å²) in [6.45, 7) is 1.89. The highest BCUT2D eigenvalue weighted by Crippen LogP contribution is 2.05. The number of hydrogen-bond donors (Lipinski definition) is 2. The van der Waals surface area contributed by atoms with E-state index in [1.807, 2.05) is 6.92 Å². The zero-order valence-corrected chi connectivity index (χ0v) is 7.41. The molecule has 0 aliphatic rings. The van der Waals surface area contributed by atoms with Gasteiger partial charge in [-0.05, 0) is 12.5 Å². The van der Waals surface area contributed by atoms with Gasteiger partial charge in [-0.2, -0.15) is 0 Å². The van der Waals surface area contributed by atoms with E-state index in [1.54, 1.807) is 0 Å². The molecule has 0 aliphatic heterocycles. The van der Waals surface area contributed by atoms with Gasteiger partial charge in [0.15, 0.2) is 0 Å². The highest BCUT2D eigenvalue weighted by Gasteiger charge is 2.16. The van der Waals surface area contributed by atoms with Crippen LogP contribution in [-0.4, -0.2) is 22.2 Å². The van der Waals surface area contributed by atoms with Gasteiger partial charge >= 0.3 is 7.12 Å². The summed E-state index contributed by atoms with van der Waals surface area (Å²) < 4.78 is 0. The van der Waals surface area contributed by atoms with Crippen LogP contribution in [-0.2, 0) is 6.42 Å². The average Bonchev–Trinajstić information content (AvgIpc) is 2.04. The van der Waals surface area contributed by atoms with E-state index < -0.39 is 7.12 Å². The maximum atomic E-state index is 8.92. The Morgan fingerprint density at radius 3 is 2.75 bits per heavy atom. The van der Waals surface area contributed by atoms with Crippen LogP contribution in [0.5, 0.6) is 0 Å². The Balaban J connectivity index is 3.12. The summed E-state index contributed by atoms with van der Waals surface area (Å²) in [4.78, 5) is 3.97. The van der Waals surface area contributed by atoms with E-state index >= 15 is 0 Å². The van der Waals surface area contributed by atoms with E-state index in [4.69, 9.17) is 21.6 Å². The summed E-state index contributed by atoms with van der Waals surface area (Å²) in [6.07, 6.45) is 2.15. The molecule has 0 saturated heterocycles. The number of hydrogen-bond acceptors (Lipinski definition) is 3. The van der Waals surface area contributed by atoms with Crippen molar-refractivity contribution in [2.45, 2.75) is 13.3 Å². The lowest BCUT2D eigenvalue weighted by Gasteiger charge is -2.05. The second-order valence-electron chi connectivity index (χ2n) is 2.42. The van der Waals surface area contributed by atoms with Gasteiger partial charge < -0.3 is 10.0 Å². The zero-order chi connectivity index (χ0) is 9.14. The Kier molecular flexibility index (Phi) is 3.09. The highest BCUT2D eigenvalue weighted by atomic mass is 35.5. The minimum atomic E-state index is -1.49. The van der Waals surface area contributed by atoms with Gasteiger partial charge in [-0.15, -0.1) is 0 Å². The lowest BCUT2D eigenvalue weighted by atomic mass is 9.78. The Hall–Kier alpha value is -0.575. The first-order valence-corrected chi connectivity index (χ1v) is 4.03. The van der Waals surface area contributed by atoms with E-state index in [0.717, 1.165) is 0 Å². The van der Waals surface area contributed by atoms with Crippen LogP contribution in [0.3, 0.4) is 0 Å². The van der Waals surface area contributed by atoms with Crippen molar-refractivity contribution < 1.29 is 10.0 Å². The molecular weight excluding hydrogens is 176 g/mol. The van der Waals surface area contributed by atoms with Crippen LogP contribution in [0.4, 0.5) is 0 Å². The van der Waals surface area contributed by atoms with Crippen LogP contribution in [0.15, 0.2) is 12.3 Å². The van der Waals surface area contributed by atoms with E-state index in [1.165, 1.54) is 12.3 Å². The van der Waals surface area contributed by atoms with Gasteiger partial charge in [0.2, 0.25) is 0 Å². The molecule has 0 spiro atoms. The molecule has 1 aromatic rings. The molecule has 12 heavy (non-hydrogen) atoms. The summed E-state index contributed by atoms with van der Waals surface area (Å²) >= 11 is 5.63. The van der Waals surface area contributed by atoms with Crippen molar-refractivity contribution >= 4 is 24.2 Å². The molecule has 0 unspecified atom stereocenters. The Labute approximate surface area is 76.2 Å². The van der Waals surface area contributed by atoms with Crippen molar-refractivity contribution in [3.8, 4) is 0 Å². The van der Waals surface area contributed by atoms with Crippen molar-refractivity contribution in [2.24, 2.45) is 0 Å². The molecule has 0 saturated carbocycles. The SMILES string of the molecule is CCc1ncc(Cl)cc1B(O)O. The third-order valence-electron chi connectivity index (χ3n) is 1.58. The molecule has 0 atom stereocenters. The van der Waals surface area contributed by atoms with E-state index in [-0.39, 0.29) is 0 Å². The molecule has 0 radical (unpaired) electrons. The third-order valence-corrected chi connectivity index (χ3v) is 1.79. The van der Waals surface area contributed by atoms with E-state index in [0.29, 0.717) is 22.6 Å². The number of aromatic nitrogens is 1. The molecular formula is C7H9BClNO2. The lowest BCUT2D eigenvalue weighted by molar-refractivity contribution is 0.425. The molecule has 1 aromatic heterocycles. The second-order valence-corrected chi connectivity index (χ2v) is 2.85. The van der Waals surface area contributed by atoms with Crippen LogP contribution in [0, 0.1) is 0 Å². The van der Waals surface area contributed by atoms with E-state index in [9.17, 15) is 0 Å². The fourth-order valence-corrected chi connectivity index (χ4v) is 1.17. The zero-order valence-electron chi connectivity index (χ0n) is 6.66. The first-order chi connectivity index (χ1) is 5.65. The molecule has 1 heterocycles. The third kappa shape index (κ3) is 1.97. The van der Waals surface area contributed by atoms with Crippen LogP contribution in [0.1, 0.15) is 12.6 Å². The summed E-state index contributed by atoms with van der Waals surface area (Å²) in [5.41, 5.74) is 1.04. The Bertz CT molecular complexity index is 280. The van der Waals surface area contributed by atoms with E-state index in [2.05, 4.69) is 4.98 Å². The molecule has 5 heteroatoms. The molecule has 0 amide bonds. The van der Waals surface area contributed by atoms with Crippen LogP contribution < -0.4 is 5.46 Å². The molecule has 64 valence electrons.